The maximum Gasteiger partial charge on any atom is 0.00385 e. The van der Waals surface area contributed by atoms with Crippen molar-refractivity contribution in [3.05, 3.63) is 0 Å². The lowest BCUT2D eigenvalue weighted by Gasteiger charge is -2.30. The van der Waals surface area contributed by atoms with Crippen LogP contribution in [0.4, 0.5) is 0 Å². The summed E-state index contributed by atoms with van der Waals surface area (Å²) in [6, 6.07) is 0. The number of hydrogen-bond donors (Lipinski definition) is 1. The van der Waals surface area contributed by atoms with Crippen molar-refractivity contribution < 1.29 is 0 Å². The first-order valence-corrected chi connectivity index (χ1v) is 5.77. The molecule has 13 heavy (non-hydrogen) atoms. The van der Waals surface area contributed by atoms with Gasteiger partial charge in [-0.05, 0) is 57.2 Å². The minimum Gasteiger partial charge on any atom is -0.330 e. The van der Waals surface area contributed by atoms with Gasteiger partial charge in [-0.3, -0.25) is 0 Å². The van der Waals surface area contributed by atoms with Crippen molar-refractivity contribution in [1.29, 1.82) is 0 Å². The lowest BCUT2D eigenvalue weighted by atomic mass is 10.0. The molecular formula is C11H22N2. The van der Waals surface area contributed by atoms with Crippen molar-refractivity contribution in [3.8, 4) is 0 Å². The van der Waals surface area contributed by atoms with Crippen LogP contribution in [-0.4, -0.2) is 31.1 Å². The Hall–Kier alpha value is -0.0800. The summed E-state index contributed by atoms with van der Waals surface area (Å²) in [7, 11) is 0. The molecule has 1 aliphatic heterocycles. The third-order valence-electron chi connectivity index (χ3n) is 3.64. The quantitative estimate of drug-likeness (QED) is 0.715. The number of likely N-dealkylation sites (tertiary alicyclic amines) is 1. The van der Waals surface area contributed by atoms with Gasteiger partial charge >= 0.3 is 0 Å². The highest BCUT2D eigenvalue weighted by atomic mass is 15.1. The predicted molar refractivity (Wildman–Crippen MR) is 55.6 cm³/mol. The highest BCUT2D eigenvalue weighted by molar-refractivity contribution is 4.95. The van der Waals surface area contributed by atoms with Crippen LogP contribution in [0.2, 0.25) is 0 Å². The van der Waals surface area contributed by atoms with Gasteiger partial charge in [-0.2, -0.15) is 0 Å². The zero-order valence-electron chi connectivity index (χ0n) is 8.60. The molecule has 0 unspecified atom stereocenters. The molecule has 2 nitrogen and oxygen atoms in total. The molecule has 1 aliphatic carbocycles. The van der Waals surface area contributed by atoms with Gasteiger partial charge in [-0.15, -0.1) is 0 Å². The Kier molecular flexibility index (Phi) is 2.89. The Bertz CT molecular complexity index is 157. The average Bonchev–Trinajstić information content (AvgIpc) is 2.87. The lowest BCUT2D eigenvalue weighted by Crippen LogP contribution is -2.35. The SMILES string of the molecule is NCCC1(CN2CCCCC2)CC1. The van der Waals surface area contributed by atoms with Gasteiger partial charge in [0.2, 0.25) is 0 Å². The fraction of sp³-hybridized carbons (Fsp3) is 1.00. The van der Waals surface area contributed by atoms with Gasteiger partial charge in [0.25, 0.3) is 0 Å². The summed E-state index contributed by atoms with van der Waals surface area (Å²) in [6.45, 7) is 4.90. The molecule has 0 radical (unpaired) electrons. The molecule has 2 aliphatic rings. The van der Waals surface area contributed by atoms with Gasteiger partial charge in [0, 0.05) is 6.54 Å². The molecule has 2 rings (SSSR count). The molecule has 0 aromatic carbocycles. The van der Waals surface area contributed by atoms with E-state index < -0.39 is 0 Å². The van der Waals surface area contributed by atoms with E-state index in [2.05, 4.69) is 4.90 Å². The highest BCUT2D eigenvalue weighted by Gasteiger charge is 2.42. The van der Waals surface area contributed by atoms with Crippen molar-refractivity contribution in [2.75, 3.05) is 26.2 Å². The van der Waals surface area contributed by atoms with Crippen LogP contribution in [0.25, 0.3) is 0 Å². The standard InChI is InChI=1S/C11H22N2/c12-7-6-11(4-5-11)10-13-8-2-1-3-9-13/h1-10,12H2. The molecule has 1 saturated carbocycles. The summed E-state index contributed by atoms with van der Waals surface area (Å²) >= 11 is 0. The maximum atomic E-state index is 5.64. The maximum absolute atomic E-state index is 5.64. The summed E-state index contributed by atoms with van der Waals surface area (Å²) in [5, 5.41) is 0. The van der Waals surface area contributed by atoms with Crippen LogP contribution >= 0.6 is 0 Å². The number of rotatable bonds is 4. The molecule has 2 N–H and O–H groups in total. The zero-order valence-corrected chi connectivity index (χ0v) is 8.60. The van der Waals surface area contributed by atoms with E-state index in [9.17, 15) is 0 Å². The van der Waals surface area contributed by atoms with Crippen molar-refractivity contribution in [2.24, 2.45) is 11.1 Å². The molecule has 2 fully saturated rings. The summed E-state index contributed by atoms with van der Waals surface area (Å²) in [6.07, 6.45) is 8.39. The van der Waals surface area contributed by atoms with E-state index in [-0.39, 0.29) is 0 Å². The Labute approximate surface area is 81.5 Å². The van der Waals surface area contributed by atoms with E-state index >= 15 is 0 Å². The summed E-state index contributed by atoms with van der Waals surface area (Å²) < 4.78 is 0. The van der Waals surface area contributed by atoms with Gasteiger partial charge in [0.15, 0.2) is 0 Å². The van der Waals surface area contributed by atoms with Crippen LogP contribution in [0, 0.1) is 5.41 Å². The Morgan fingerprint density at radius 1 is 1.08 bits per heavy atom. The first-order chi connectivity index (χ1) is 6.35. The number of piperidine rings is 1. The molecule has 76 valence electrons. The van der Waals surface area contributed by atoms with Gasteiger partial charge < -0.3 is 10.6 Å². The minimum absolute atomic E-state index is 0.659. The third-order valence-corrected chi connectivity index (χ3v) is 3.64. The average molecular weight is 182 g/mol. The third kappa shape index (κ3) is 2.44. The molecule has 0 spiro atoms. The normalized spacial score (nSPS) is 27.5. The fourth-order valence-electron chi connectivity index (χ4n) is 2.56. The highest BCUT2D eigenvalue weighted by Crippen LogP contribution is 2.49. The molecule has 0 amide bonds. The van der Waals surface area contributed by atoms with Crippen LogP contribution in [0.15, 0.2) is 0 Å². The first-order valence-electron chi connectivity index (χ1n) is 5.77. The number of hydrogen-bond acceptors (Lipinski definition) is 2. The van der Waals surface area contributed by atoms with E-state index in [1.165, 1.54) is 58.2 Å². The van der Waals surface area contributed by atoms with E-state index in [1.807, 2.05) is 0 Å². The largest absolute Gasteiger partial charge is 0.330 e. The molecule has 0 aromatic heterocycles. The molecule has 2 heteroatoms. The van der Waals surface area contributed by atoms with Crippen molar-refractivity contribution >= 4 is 0 Å². The van der Waals surface area contributed by atoms with Gasteiger partial charge in [-0.1, -0.05) is 6.42 Å². The Morgan fingerprint density at radius 3 is 2.31 bits per heavy atom. The summed E-state index contributed by atoms with van der Waals surface area (Å²) in [4.78, 5) is 2.66. The van der Waals surface area contributed by atoms with Crippen LogP contribution in [0.1, 0.15) is 38.5 Å². The molecule has 0 atom stereocenters. The van der Waals surface area contributed by atoms with Crippen LogP contribution in [0.3, 0.4) is 0 Å². The molecule has 0 bridgehead atoms. The molecule has 1 saturated heterocycles. The van der Waals surface area contributed by atoms with Crippen molar-refractivity contribution in [1.82, 2.24) is 4.90 Å². The number of nitrogens with two attached hydrogens (primary N) is 1. The second-order valence-electron chi connectivity index (χ2n) is 4.88. The smallest absolute Gasteiger partial charge is 0.00385 e. The first kappa shape index (κ1) is 9.47. The predicted octanol–water partition coefficient (Wildman–Crippen LogP) is 1.60. The topological polar surface area (TPSA) is 29.3 Å². The molecule has 1 heterocycles. The van der Waals surface area contributed by atoms with Gasteiger partial charge in [0.1, 0.15) is 0 Å². The summed E-state index contributed by atoms with van der Waals surface area (Å²) in [5.74, 6) is 0. The summed E-state index contributed by atoms with van der Waals surface area (Å²) in [5.41, 5.74) is 6.30. The Balaban J connectivity index is 1.76. The molecular weight excluding hydrogens is 160 g/mol. The minimum atomic E-state index is 0.659. The number of nitrogens with zero attached hydrogens (tertiary/aromatic N) is 1. The zero-order chi connectivity index (χ0) is 9.15. The van der Waals surface area contributed by atoms with E-state index in [1.54, 1.807) is 0 Å². The monoisotopic (exact) mass is 182 g/mol. The second kappa shape index (κ2) is 3.97. The Morgan fingerprint density at radius 2 is 1.77 bits per heavy atom. The van der Waals surface area contributed by atoms with Gasteiger partial charge in [-0.25, -0.2) is 0 Å². The fourth-order valence-corrected chi connectivity index (χ4v) is 2.56. The van der Waals surface area contributed by atoms with Crippen LogP contribution < -0.4 is 5.73 Å². The van der Waals surface area contributed by atoms with E-state index in [4.69, 9.17) is 5.73 Å². The molecule has 0 aromatic rings. The van der Waals surface area contributed by atoms with Crippen LogP contribution in [0.5, 0.6) is 0 Å². The van der Waals surface area contributed by atoms with Crippen molar-refractivity contribution in [3.63, 3.8) is 0 Å². The van der Waals surface area contributed by atoms with Gasteiger partial charge in [0.05, 0.1) is 0 Å². The van der Waals surface area contributed by atoms with Crippen LogP contribution in [-0.2, 0) is 0 Å². The second-order valence-corrected chi connectivity index (χ2v) is 4.88. The lowest BCUT2D eigenvalue weighted by molar-refractivity contribution is 0.182. The van der Waals surface area contributed by atoms with E-state index in [0.29, 0.717) is 5.41 Å². The van der Waals surface area contributed by atoms with Crippen molar-refractivity contribution in [2.45, 2.75) is 38.5 Å². The van der Waals surface area contributed by atoms with E-state index in [0.717, 1.165) is 6.54 Å².